The largest absolute Gasteiger partial charge is 0.411 e. The zero-order valence-corrected chi connectivity index (χ0v) is 6.42. The van der Waals surface area contributed by atoms with Gasteiger partial charge in [0.05, 0.1) is 5.71 Å². The van der Waals surface area contributed by atoms with Crippen LogP contribution in [0.4, 0.5) is 4.39 Å². The summed E-state index contributed by atoms with van der Waals surface area (Å²) in [6.07, 6.45) is 1.27. The Bertz CT molecular complexity index is 346. The molecule has 0 saturated heterocycles. The molecule has 0 fully saturated rings. The number of rotatable bonds is 0. The van der Waals surface area contributed by atoms with Crippen LogP contribution in [0.25, 0.3) is 0 Å². The summed E-state index contributed by atoms with van der Waals surface area (Å²) in [6.45, 7) is 0. The van der Waals surface area contributed by atoms with E-state index >= 15 is 0 Å². The third-order valence-corrected chi connectivity index (χ3v) is 2.16. The minimum absolute atomic E-state index is 0.203. The van der Waals surface area contributed by atoms with Crippen LogP contribution in [0.1, 0.15) is 17.5 Å². The minimum atomic E-state index is -0.203. The summed E-state index contributed by atoms with van der Waals surface area (Å²) in [6, 6.07) is 4.84. The van der Waals surface area contributed by atoms with E-state index < -0.39 is 0 Å². The average Bonchev–Trinajstić information content (AvgIpc) is 2.49. The first-order chi connectivity index (χ1) is 5.83. The van der Waals surface area contributed by atoms with Gasteiger partial charge in [-0.1, -0.05) is 17.3 Å². The standard InChI is InChI=1S/C9H8FNO/c10-8-3-1-2-7-6(8)4-5-9(7)11-12/h1-3,12H,4-5H2. The second kappa shape index (κ2) is 2.59. The number of oxime groups is 1. The highest BCUT2D eigenvalue weighted by Crippen LogP contribution is 2.24. The van der Waals surface area contributed by atoms with Crippen molar-refractivity contribution in [2.45, 2.75) is 12.8 Å². The van der Waals surface area contributed by atoms with Gasteiger partial charge < -0.3 is 5.21 Å². The van der Waals surface area contributed by atoms with Crippen LogP contribution in [0.3, 0.4) is 0 Å². The quantitative estimate of drug-likeness (QED) is 0.462. The van der Waals surface area contributed by atoms with Gasteiger partial charge in [-0.2, -0.15) is 0 Å². The lowest BCUT2D eigenvalue weighted by Gasteiger charge is -1.98. The maximum atomic E-state index is 13.1. The molecule has 0 aromatic heterocycles. The highest BCUT2D eigenvalue weighted by molar-refractivity contribution is 6.04. The third kappa shape index (κ3) is 0.897. The smallest absolute Gasteiger partial charge is 0.127 e. The Morgan fingerprint density at radius 1 is 1.33 bits per heavy atom. The van der Waals surface area contributed by atoms with Crippen molar-refractivity contribution < 1.29 is 9.60 Å². The lowest BCUT2D eigenvalue weighted by Crippen LogP contribution is -1.94. The number of nitrogens with zero attached hydrogens (tertiary/aromatic N) is 1. The molecule has 0 bridgehead atoms. The molecule has 3 heteroatoms. The van der Waals surface area contributed by atoms with Gasteiger partial charge in [0.2, 0.25) is 0 Å². The van der Waals surface area contributed by atoms with Gasteiger partial charge in [0.15, 0.2) is 0 Å². The second-order valence-corrected chi connectivity index (χ2v) is 2.81. The van der Waals surface area contributed by atoms with E-state index in [0.717, 1.165) is 5.56 Å². The first-order valence-electron chi connectivity index (χ1n) is 3.81. The Kier molecular flexibility index (Phi) is 1.57. The van der Waals surface area contributed by atoms with Crippen molar-refractivity contribution in [1.29, 1.82) is 0 Å². The Morgan fingerprint density at radius 3 is 2.92 bits per heavy atom. The summed E-state index contributed by atoms with van der Waals surface area (Å²) < 4.78 is 13.1. The van der Waals surface area contributed by atoms with Crippen molar-refractivity contribution >= 4 is 5.71 Å². The molecule has 1 aromatic rings. The lowest BCUT2D eigenvalue weighted by molar-refractivity contribution is 0.318. The average molecular weight is 165 g/mol. The van der Waals surface area contributed by atoms with E-state index in [0.29, 0.717) is 24.1 Å². The molecule has 2 rings (SSSR count). The molecule has 0 atom stereocenters. The first-order valence-corrected chi connectivity index (χ1v) is 3.81. The number of hydrogen-bond acceptors (Lipinski definition) is 2. The molecule has 0 aliphatic heterocycles. The van der Waals surface area contributed by atoms with Crippen LogP contribution in [0.2, 0.25) is 0 Å². The first kappa shape index (κ1) is 7.28. The van der Waals surface area contributed by atoms with E-state index in [1.54, 1.807) is 12.1 Å². The molecule has 0 spiro atoms. The Labute approximate surface area is 69.3 Å². The molecule has 1 aliphatic rings. The van der Waals surface area contributed by atoms with E-state index in [2.05, 4.69) is 5.16 Å². The molecule has 1 aromatic carbocycles. The molecule has 1 aliphatic carbocycles. The van der Waals surface area contributed by atoms with Gasteiger partial charge in [0.25, 0.3) is 0 Å². The summed E-state index contributed by atoms with van der Waals surface area (Å²) >= 11 is 0. The Hall–Kier alpha value is -1.38. The molecule has 12 heavy (non-hydrogen) atoms. The van der Waals surface area contributed by atoms with Crippen LogP contribution in [0, 0.1) is 5.82 Å². The fourth-order valence-electron chi connectivity index (χ4n) is 1.57. The van der Waals surface area contributed by atoms with Crippen molar-refractivity contribution in [3.05, 3.63) is 35.1 Å². The van der Waals surface area contributed by atoms with Crippen LogP contribution in [0.5, 0.6) is 0 Å². The monoisotopic (exact) mass is 165 g/mol. The third-order valence-electron chi connectivity index (χ3n) is 2.16. The normalized spacial score (nSPS) is 18.2. The summed E-state index contributed by atoms with van der Waals surface area (Å²) in [7, 11) is 0. The van der Waals surface area contributed by atoms with Gasteiger partial charge in [-0.05, 0) is 24.5 Å². The van der Waals surface area contributed by atoms with E-state index in [-0.39, 0.29) is 5.82 Å². The maximum Gasteiger partial charge on any atom is 0.127 e. The molecular weight excluding hydrogens is 157 g/mol. The topological polar surface area (TPSA) is 32.6 Å². The molecule has 62 valence electrons. The van der Waals surface area contributed by atoms with Gasteiger partial charge in [-0.15, -0.1) is 0 Å². The van der Waals surface area contributed by atoms with Crippen molar-refractivity contribution in [2.75, 3.05) is 0 Å². The van der Waals surface area contributed by atoms with Crippen molar-refractivity contribution in [3.63, 3.8) is 0 Å². The molecular formula is C9H8FNO. The highest BCUT2D eigenvalue weighted by Gasteiger charge is 2.20. The number of halogens is 1. The number of fused-ring (bicyclic) bond motifs is 1. The molecule has 0 radical (unpaired) electrons. The summed E-state index contributed by atoms with van der Waals surface area (Å²) in [5.41, 5.74) is 2.01. The van der Waals surface area contributed by atoms with Gasteiger partial charge in [0, 0.05) is 5.56 Å². The predicted octanol–water partition coefficient (Wildman–Crippen LogP) is 1.95. The zero-order chi connectivity index (χ0) is 8.55. The fourth-order valence-corrected chi connectivity index (χ4v) is 1.57. The second-order valence-electron chi connectivity index (χ2n) is 2.81. The molecule has 1 N–H and O–H groups in total. The summed E-state index contributed by atoms with van der Waals surface area (Å²) in [4.78, 5) is 0. The molecule has 0 saturated carbocycles. The highest BCUT2D eigenvalue weighted by atomic mass is 19.1. The SMILES string of the molecule is ON=C1CCc2c(F)cccc21. The molecule has 2 nitrogen and oxygen atoms in total. The number of benzene rings is 1. The predicted molar refractivity (Wildman–Crippen MR) is 43.0 cm³/mol. The van der Waals surface area contributed by atoms with Gasteiger partial charge in [-0.3, -0.25) is 0 Å². The van der Waals surface area contributed by atoms with Gasteiger partial charge in [0.1, 0.15) is 5.82 Å². The van der Waals surface area contributed by atoms with Crippen LogP contribution < -0.4 is 0 Å². The van der Waals surface area contributed by atoms with Gasteiger partial charge in [-0.25, -0.2) is 4.39 Å². The van der Waals surface area contributed by atoms with E-state index in [1.165, 1.54) is 6.07 Å². The van der Waals surface area contributed by atoms with E-state index in [9.17, 15) is 4.39 Å². The van der Waals surface area contributed by atoms with Crippen LogP contribution in [-0.2, 0) is 6.42 Å². The summed E-state index contributed by atoms with van der Waals surface area (Å²) in [5, 5.41) is 11.7. The van der Waals surface area contributed by atoms with Crippen LogP contribution in [-0.4, -0.2) is 10.9 Å². The minimum Gasteiger partial charge on any atom is -0.411 e. The lowest BCUT2D eigenvalue weighted by atomic mass is 10.1. The maximum absolute atomic E-state index is 13.1. The van der Waals surface area contributed by atoms with Crippen LogP contribution in [0.15, 0.2) is 23.4 Å². The summed E-state index contributed by atoms with van der Waals surface area (Å²) in [5.74, 6) is -0.203. The molecule has 0 unspecified atom stereocenters. The Morgan fingerprint density at radius 2 is 2.17 bits per heavy atom. The van der Waals surface area contributed by atoms with E-state index in [4.69, 9.17) is 5.21 Å². The van der Waals surface area contributed by atoms with Crippen molar-refractivity contribution in [1.82, 2.24) is 0 Å². The number of hydrogen-bond donors (Lipinski definition) is 1. The van der Waals surface area contributed by atoms with Crippen LogP contribution >= 0.6 is 0 Å². The van der Waals surface area contributed by atoms with Gasteiger partial charge >= 0.3 is 0 Å². The Balaban J connectivity index is 2.61. The zero-order valence-electron chi connectivity index (χ0n) is 6.42. The fraction of sp³-hybridized carbons (Fsp3) is 0.222. The van der Waals surface area contributed by atoms with Crippen molar-refractivity contribution in [3.8, 4) is 0 Å². The van der Waals surface area contributed by atoms with Crippen molar-refractivity contribution in [2.24, 2.45) is 5.16 Å². The molecule has 0 amide bonds. The molecule has 0 heterocycles. The van der Waals surface area contributed by atoms with E-state index in [1.807, 2.05) is 0 Å².